The molecule has 6 nitrogen and oxygen atoms in total. The van der Waals surface area contributed by atoms with Crippen molar-refractivity contribution in [2.24, 2.45) is 0 Å². The van der Waals surface area contributed by atoms with E-state index in [9.17, 15) is 0 Å². The molecule has 18 heavy (non-hydrogen) atoms. The van der Waals surface area contributed by atoms with E-state index in [4.69, 9.17) is 10.5 Å². The number of rotatable bonds is 2. The fourth-order valence-corrected chi connectivity index (χ4v) is 2.30. The van der Waals surface area contributed by atoms with Gasteiger partial charge in [-0.15, -0.1) is 0 Å². The van der Waals surface area contributed by atoms with Crippen LogP contribution in [0.3, 0.4) is 0 Å². The molecule has 2 N–H and O–H groups in total. The van der Waals surface area contributed by atoms with E-state index in [1.54, 1.807) is 12.4 Å². The molecule has 2 aromatic rings. The number of nitrogen functional groups attached to an aromatic ring is 1. The van der Waals surface area contributed by atoms with Crippen molar-refractivity contribution in [3.05, 3.63) is 18.6 Å². The molecule has 1 unspecified atom stereocenters. The second-order valence-corrected chi connectivity index (χ2v) is 4.49. The summed E-state index contributed by atoms with van der Waals surface area (Å²) >= 11 is 0. The highest BCUT2D eigenvalue weighted by Crippen LogP contribution is 2.22. The summed E-state index contributed by atoms with van der Waals surface area (Å²) in [7, 11) is 0. The average molecular weight is 247 g/mol. The summed E-state index contributed by atoms with van der Waals surface area (Å²) in [5, 5.41) is 0. The largest absolute Gasteiger partial charge is 0.382 e. The first-order valence-electron chi connectivity index (χ1n) is 6.23. The predicted octanol–water partition coefficient (Wildman–Crippen LogP) is 0.927. The van der Waals surface area contributed by atoms with E-state index in [0.29, 0.717) is 5.82 Å². The number of hydrogen-bond donors (Lipinski definition) is 1. The highest BCUT2D eigenvalue weighted by Gasteiger charge is 2.22. The van der Waals surface area contributed by atoms with E-state index in [2.05, 4.69) is 21.8 Å². The van der Waals surface area contributed by atoms with Crippen LogP contribution < -0.4 is 10.6 Å². The van der Waals surface area contributed by atoms with Crippen molar-refractivity contribution in [3.8, 4) is 0 Å². The Morgan fingerprint density at radius 2 is 2.44 bits per heavy atom. The molecule has 1 aliphatic heterocycles. The van der Waals surface area contributed by atoms with Crippen LogP contribution in [0.1, 0.15) is 13.3 Å². The van der Waals surface area contributed by atoms with E-state index in [1.165, 1.54) is 0 Å². The van der Waals surface area contributed by atoms with Gasteiger partial charge >= 0.3 is 0 Å². The molecule has 1 saturated heterocycles. The zero-order valence-electron chi connectivity index (χ0n) is 10.4. The van der Waals surface area contributed by atoms with E-state index in [0.717, 1.165) is 37.6 Å². The minimum Gasteiger partial charge on any atom is -0.382 e. The van der Waals surface area contributed by atoms with E-state index < -0.39 is 0 Å². The Hall–Kier alpha value is -1.82. The summed E-state index contributed by atoms with van der Waals surface area (Å²) in [6, 6.07) is 0. The molecule has 1 atom stereocenters. The van der Waals surface area contributed by atoms with Crippen molar-refractivity contribution < 1.29 is 4.74 Å². The summed E-state index contributed by atoms with van der Waals surface area (Å²) in [5.41, 5.74) is 6.69. The molecule has 1 aliphatic rings. The van der Waals surface area contributed by atoms with Crippen LogP contribution in [-0.4, -0.2) is 40.2 Å². The van der Waals surface area contributed by atoms with Gasteiger partial charge in [0.2, 0.25) is 0 Å². The predicted molar refractivity (Wildman–Crippen MR) is 69.6 cm³/mol. The van der Waals surface area contributed by atoms with Gasteiger partial charge in [-0.05, 0) is 6.42 Å². The third kappa shape index (κ3) is 1.88. The molecule has 0 spiro atoms. The van der Waals surface area contributed by atoms with Gasteiger partial charge in [-0.25, -0.2) is 9.97 Å². The minimum atomic E-state index is 0.261. The normalized spacial score (nSPS) is 20.5. The number of aromatic nitrogens is 3. The van der Waals surface area contributed by atoms with Crippen LogP contribution in [0.5, 0.6) is 0 Å². The maximum atomic E-state index is 5.84. The van der Waals surface area contributed by atoms with Crippen molar-refractivity contribution in [2.75, 3.05) is 30.3 Å². The summed E-state index contributed by atoms with van der Waals surface area (Å²) in [4.78, 5) is 11.0. The Balaban J connectivity index is 2.00. The Kier molecular flexibility index (Phi) is 2.79. The summed E-state index contributed by atoms with van der Waals surface area (Å²) < 4.78 is 7.59. The van der Waals surface area contributed by atoms with Crippen molar-refractivity contribution in [1.29, 1.82) is 0 Å². The van der Waals surface area contributed by atoms with Gasteiger partial charge in [0.15, 0.2) is 11.5 Å². The summed E-state index contributed by atoms with van der Waals surface area (Å²) in [5.74, 6) is 1.36. The van der Waals surface area contributed by atoms with Gasteiger partial charge in [0.05, 0.1) is 18.9 Å². The molecule has 6 heteroatoms. The van der Waals surface area contributed by atoms with Crippen LogP contribution >= 0.6 is 0 Å². The van der Waals surface area contributed by atoms with Gasteiger partial charge < -0.3 is 19.8 Å². The third-order valence-corrected chi connectivity index (χ3v) is 3.27. The number of nitrogens with two attached hydrogens (primary N) is 1. The number of nitrogens with zero attached hydrogens (tertiary/aromatic N) is 4. The van der Waals surface area contributed by atoms with Gasteiger partial charge in [-0.3, -0.25) is 0 Å². The lowest BCUT2D eigenvalue weighted by atomic mass is 10.2. The first kappa shape index (κ1) is 11.3. The molecule has 0 aliphatic carbocycles. The number of fused-ring (bicyclic) bond motifs is 1. The molecule has 0 saturated carbocycles. The lowest BCUT2D eigenvalue weighted by Gasteiger charge is -2.33. The van der Waals surface area contributed by atoms with Crippen molar-refractivity contribution in [1.82, 2.24) is 14.4 Å². The van der Waals surface area contributed by atoms with Crippen molar-refractivity contribution >= 4 is 17.3 Å². The molecule has 2 aromatic heterocycles. The maximum absolute atomic E-state index is 5.84. The van der Waals surface area contributed by atoms with Gasteiger partial charge in [-0.1, -0.05) is 6.92 Å². The molecule has 0 bridgehead atoms. The first-order valence-corrected chi connectivity index (χ1v) is 6.23. The molecule has 1 fully saturated rings. The molecular formula is C12H17N5O. The van der Waals surface area contributed by atoms with E-state index >= 15 is 0 Å². The maximum Gasteiger partial charge on any atom is 0.180 e. The topological polar surface area (TPSA) is 68.7 Å². The van der Waals surface area contributed by atoms with Crippen LogP contribution in [0.4, 0.5) is 11.6 Å². The summed E-state index contributed by atoms with van der Waals surface area (Å²) in [6.07, 6.45) is 6.69. The summed E-state index contributed by atoms with van der Waals surface area (Å²) in [6.45, 7) is 4.53. The Bertz CT molecular complexity index is 552. The molecule has 0 amide bonds. The molecule has 3 rings (SSSR count). The third-order valence-electron chi connectivity index (χ3n) is 3.27. The minimum absolute atomic E-state index is 0.261. The Morgan fingerprint density at radius 1 is 1.56 bits per heavy atom. The molecule has 3 heterocycles. The van der Waals surface area contributed by atoms with Crippen LogP contribution in [-0.2, 0) is 4.74 Å². The van der Waals surface area contributed by atoms with Gasteiger partial charge in [0.1, 0.15) is 5.82 Å². The standard InChI is InChI=1S/C12H17N5O/c1-2-9-7-17(5-6-18-9)12-11-14-3-4-16(11)8-10(13)15-12/h3-4,8-9H,2,5-7,13H2,1H3. The number of imidazole rings is 1. The zero-order valence-corrected chi connectivity index (χ0v) is 10.4. The number of hydrogen-bond acceptors (Lipinski definition) is 5. The van der Waals surface area contributed by atoms with Gasteiger partial charge in [0.25, 0.3) is 0 Å². The first-order chi connectivity index (χ1) is 8.78. The smallest absolute Gasteiger partial charge is 0.180 e. The fraction of sp³-hybridized carbons (Fsp3) is 0.500. The quantitative estimate of drug-likeness (QED) is 0.855. The van der Waals surface area contributed by atoms with Gasteiger partial charge in [-0.2, -0.15) is 0 Å². The Morgan fingerprint density at radius 3 is 3.28 bits per heavy atom. The van der Waals surface area contributed by atoms with Crippen molar-refractivity contribution in [2.45, 2.75) is 19.4 Å². The molecular weight excluding hydrogens is 230 g/mol. The molecule has 0 radical (unpaired) electrons. The average Bonchev–Trinajstić information content (AvgIpc) is 2.85. The lowest BCUT2D eigenvalue weighted by Crippen LogP contribution is -2.42. The molecule has 0 aromatic carbocycles. The lowest BCUT2D eigenvalue weighted by molar-refractivity contribution is 0.0382. The van der Waals surface area contributed by atoms with E-state index in [1.807, 2.05) is 10.6 Å². The van der Waals surface area contributed by atoms with E-state index in [-0.39, 0.29) is 6.10 Å². The monoisotopic (exact) mass is 247 g/mol. The fourth-order valence-electron chi connectivity index (χ4n) is 2.30. The number of ether oxygens (including phenoxy) is 1. The zero-order chi connectivity index (χ0) is 12.5. The second-order valence-electron chi connectivity index (χ2n) is 4.49. The van der Waals surface area contributed by atoms with Crippen LogP contribution in [0.15, 0.2) is 18.6 Å². The number of anilines is 2. The van der Waals surface area contributed by atoms with Crippen LogP contribution in [0, 0.1) is 0 Å². The highest BCUT2D eigenvalue weighted by molar-refractivity contribution is 5.66. The number of morpholine rings is 1. The molecule has 96 valence electrons. The SMILES string of the molecule is CCC1CN(c2nc(N)cn3ccnc23)CCO1. The van der Waals surface area contributed by atoms with Crippen LogP contribution in [0.2, 0.25) is 0 Å². The van der Waals surface area contributed by atoms with Gasteiger partial charge in [0, 0.05) is 25.5 Å². The second kappa shape index (κ2) is 4.45. The Labute approximate surface area is 105 Å². The van der Waals surface area contributed by atoms with Crippen molar-refractivity contribution in [3.63, 3.8) is 0 Å². The highest BCUT2D eigenvalue weighted by atomic mass is 16.5. The van der Waals surface area contributed by atoms with Crippen LogP contribution in [0.25, 0.3) is 5.65 Å².